The van der Waals surface area contributed by atoms with E-state index in [1.807, 2.05) is 6.07 Å². The predicted molar refractivity (Wildman–Crippen MR) is 101 cm³/mol. The van der Waals surface area contributed by atoms with Gasteiger partial charge in [0.05, 0.1) is 31.9 Å². The second kappa shape index (κ2) is 7.53. The Morgan fingerprint density at radius 1 is 0.923 bits per heavy atom. The molecule has 1 saturated heterocycles. The van der Waals surface area contributed by atoms with E-state index in [2.05, 4.69) is 0 Å². The summed E-state index contributed by atoms with van der Waals surface area (Å²) in [5.41, 5.74) is 1.21. The number of amides is 2. The van der Waals surface area contributed by atoms with Gasteiger partial charge in [-0.1, -0.05) is 18.2 Å². The van der Waals surface area contributed by atoms with Gasteiger partial charge < -0.3 is 14.2 Å². The van der Waals surface area contributed by atoms with Crippen LogP contribution < -0.4 is 19.1 Å². The number of ether oxygens (including phenoxy) is 3. The largest absolute Gasteiger partial charge is 0.493 e. The standard InChI is InChI=1S/C19H17NO5S/c1-23-14-9-12(10-15(24-2)17(14)25-3)11-16-18(21)20(19(22)26-16)13-7-5-4-6-8-13/h4-11H,1-3H3/b16-11-. The molecule has 0 unspecified atom stereocenters. The monoisotopic (exact) mass is 371 g/mol. The first-order chi connectivity index (χ1) is 12.6. The lowest BCUT2D eigenvalue weighted by molar-refractivity contribution is -0.113. The highest BCUT2D eigenvalue weighted by molar-refractivity contribution is 8.19. The molecule has 0 spiro atoms. The highest BCUT2D eigenvalue weighted by Gasteiger charge is 2.36. The Bertz CT molecular complexity index is 854. The van der Waals surface area contributed by atoms with E-state index in [0.717, 1.165) is 16.7 Å². The molecule has 0 bridgehead atoms. The molecule has 7 heteroatoms. The van der Waals surface area contributed by atoms with E-state index < -0.39 is 0 Å². The van der Waals surface area contributed by atoms with Gasteiger partial charge in [0, 0.05) is 0 Å². The molecule has 2 aromatic carbocycles. The van der Waals surface area contributed by atoms with E-state index in [1.54, 1.807) is 42.5 Å². The van der Waals surface area contributed by atoms with Crippen LogP contribution >= 0.6 is 11.8 Å². The maximum Gasteiger partial charge on any atom is 0.298 e. The van der Waals surface area contributed by atoms with Crippen molar-refractivity contribution < 1.29 is 23.8 Å². The van der Waals surface area contributed by atoms with Crippen LogP contribution in [0.15, 0.2) is 47.4 Å². The number of benzene rings is 2. The first-order valence-electron chi connectivity index (χ1n) is 7.72. The number of anilines is 1. The number of hydrogen-bond acceptors (Lipinski definition) is 6. The Hall–Kier alpha value is -2.93. The molecule has 1 fully saturated rings. The van der Waals surface area contributed by atoms with Gasteiger partial charge in [-0.05, 0) is 47.7 Å². The second-order valence-corrected chi connectivity index (χ2v) is 6.30. The highest BCUT2D eigenvalue weighted by Crippen LogP contribution is 2.40. The lowest BCUT2D eigenvalue weighted by atomic mass is 10.1. The average molecular weight is 371 g/mol. The number of rotatable bonds is 5. The molecule has 0 radical (unpaired) electrons. The maximum atomic E-state index is 12.7. The third-order valence-electron chi connectivity index (χ3n) is 3.79. The van der Waals surface area contributed by atoms with Crippen molar-refractivity contribution in [2.45, 2.75) is 0 Å². The van der Waals surface area contributed by atoms with E-state index in [0.29, 0.717) is 33.4 Å². The van der Waals surface area contributed by atoms with Crippen molar-refractivity contribution in [3.8, 4) is 17.2 Å². The number of para-hydroxylation sites is 1. The van der Waals surface area contributed by atoms with Crippen LogP contribution in [-0.4, -0.2) is 32.5 Å². The minimum Gasteiger partial charge on any atom is -0.493 e. The molecule has 6 nitrogen and oxygen atoms in total. The molecule has 1 aliphatic heterocycles. The quantitative estimate of drug-likeness (QED) is 0.742. The highest BCUT2D eigenvalue weighted by atomic mass is 32.2. The number of nitrogens with zero attached hydrogens (tertiary/aromatic N) is 1. The number of carbonyl (C=O) groups is 2. The normalized spacial score (nSPS) is 15.5. The van der Waals surface area contributed by atoms with Gasteiger partial charge in [0.2, 0.25) is 5.75 Å². The van der Waals surface area contributed by atoms with Crippen LogP contribution in [0.2, 0.25) is 0 Å². The van der Waals surface area contributed by atoms with Gasteiger partial charge >= 0.3 is 0 Å². The zero-order valence-electron chi connectivity index (χ0n) is 14.5. The molecule has 1 heterocycles. The Morgan fingerprint density at radius 2 is 1.54 bits per heavy atom. The van der Waals surface area contributed by atoms with Gasteiger partial charge in [0.1, 0.15) is 0 Å². The fourth-order valence-electron chi connectivity index (χ4n) is 2.60. The fourth-order valence-corrected chi connectivity index (χ4v) is 3.44. The van der Waals surface area contributed by atoms with Crippen LogP contribution in [0.1, 0.15) is 5.56 Å². The van der Waals surface area contributed by atoms with Crippen LogP contribution in [0.25, 0.3) is 6.08 Å². The summed E-state index contributed by atoms with van der Waals surface area (Å²) >= 11 is 0.894. The van der Waals surface area contributed by atoms with Gasteiger partial charge in [-0.15, -0.1) is 0 Å². The molecule has 1 aliphatic rings. The van der Waals surface area contributed by atoms with Crippen molar-refractivity contribution in [2.75, 3.05) is 26.2 Å². The zero-order chi connectivity index (χ0) is 18.7. The summed E-state index contributed by atoms with van der Waals surface area (Å²) in [5, 5.41) is -0.333. The van der Waals surface area contributed by atoms with Crippen LogP contribution in [0.4, 0.5) is 10.5 Å². The molecular weight excluding hydrogens is 354 g/mol. The smallest absolute Gasteiger partial charge is 0.298 e. The lowest BCUT2D eigenvalue weighted by Crippen LogP contribution is -2.27. The average Bonchev–Trinajstić information content (AvgIpc) is 2.94. The number of imide groups is 1. The van der Waals surface area contributed by atoms with E-state index in [-0.39, 0.29) is 11.1 Å². The third kappa shape index (κ3) is 3.25. The first kappa shape index (κ1) is 17.9. The minimum atomic E-state index is -0.361. The topological polar surface area (TPSA) is 65.1 Å². The summed E-state index contributed by atoms with van der Waals surface area (Å²) in [6, 6.07) is 12.3. The number of methoxy groups -OCH3 is 3. The zero-order valence-corrected chi connectivity index (χ0v) is 15.3. The Morgan fingerprint density at radius 3 is 2.08 bits per heavy atom. The van der Waals surface area contributed by atoms with Crippen LogP contribution in [0, 0.1) is 0 Å². The number of carbonyl (C=O) groups excluding carboxylic acids is 2. The van der Waals surface area contributed by atoms with Gasteiger partial charge in [0.25, 0.3) is 11.1 Å². The Balaban J connectivity index is 1.98. The molecule has 0 aromatic heterocycles. The van der Waals surface area contributed by atoms with Gasteiger partial charge in [0.15, 0.2) is 11.5 Å². The number of thioether (sulfide) groups is 1. The third-order valence-corrected chi connectivity index (χ3v) is 4.66. The van der Waals surface area contributed by atoms with Crippen molar-refractivity contribution in [3.63, 3.8) is 0 Å². The van der Waals surface area contributed by atoms with Crippen LogP contribution in [0.5, 0.6) is 17.2 Å². The molecule has 26 heavy (non-hydrogen) atoms. The first-order valence-corrected chi connectivity index (χ1v) is 8.53. The van der Waals surface area contributed by atoms with Crippen molar-refractivity contribution in [2.24, 2.45) is 0 Å². The molecule has 0 atom stereocenters. The molecule has 3 rings (SSSR count). The molecule has 0 saturated carbocycles. The van der Waals surface area contributed by atoms with E-state index in [4.69, 9.17) is 14.2 Å². The summed E-state index contributed by atoms with van der Waals surface area (Å²) in [5.74, 6) is 1.05. The molecule has 2 aromatic rings. The second-order valence-electron chi connectivity index (χ2n) is 5.31. The van der Waals surface area contributed by atoms with Crippen LogP contribution in [-0.2, 0) is 4.79 Å². The summed E-state index contributed by atoms with van der Waals surface area (Å²) in [6.07, 6.45) is 1.64. The molecular formula is C19H17NO5S. The molecule has 0 N–H and O–H groups in total. The van der Waals surface area contributed by atoms with Crippen molar-refractivity contribution in [3.05, 3.63) is 52.9 Å². The van der Waals surface area contributed by atoms with Crippen molar-refractivity contribution >= 4 is 34.7 Å². The summed E-state index contributed by atoms with van der Waals surface area (Å²) in [7, 11) is 4.56. The predicted octanol–water partition coefficient (Wildman–Crippen LogP) is 3.95. The van der Waals surface area contributed by atoms with Crippen LogP contribution in [0.3, 0.4) is 0 Å². The molecule has 0 aliphatic carbocycles. The summed E-state index contributed by atoms with van der Waals surface area (Å²) < 4.78 is 15.9. The van der Waals surface area contributed by atoms with Crippen molar-refractivity contribution in [1.29, 1.82) is 0 Å². The van der Waals surface area contributed by atoms with Gasteiger partial charge in [-0.3, -0.25) is 9.59 Å². The van der Waals surface area contributed by atoms with Gasteiger partial charge in [-0.25, -0.2) is 4.90 Å². The molecule has 134 valence electrons. The van der Waals surface area contributed by atoms with E-state index >= 15 is 0 Å². The lowest BCUT2D eigenvalue weighted by Gasteiger charge is -2.13. The molecule has 2 amide bonds. The van der Waals surface area contributed by atoms with E-state index in [1.165, 1.54) is 21.3 Å². The minimum absolute atomic E-state index is 0.327. The Labute approximate surface area is 155 Å². The SMILES string of the molecule is COc1cc(/C=C2\SC(=O)N(c3ccccc3)C2=O)cc(OC)c1OC. The fraction of sp³-hybridized carbons (Fsp3) is 0.158. The summed E-state index contributed by atoms with van der Waals surface area (Å²) in [4.78, 5) is 26.5. The Kier molecular flexibility index (Phi) is 5.18. The van der Waals surface area contributed by atoms with Gasteiger partial charge in [-0.2, -0.15) is 0 Å². The maximum absolute atomic E-state index is 12.7. The summed E-state index contributed by atoms with van der Waals surface area (Å²) in [6.45, 7) is 0. The van der Waals surface area contributed by atoms with Crippen molar-refractivity contribution in [1.82, 2.24) is 0 Å². The number of hydrogen-bond donors (Lipinski definition) is 0. The van der Waals surface area contributed by atoms with E-state index in [9.17, 15) is 9.59 Å².